The number of hydrogen-bond acceptors (Lipinski definition) is 3. The molecule has 126 valence electrons. The molecule has 4 rings (SSSR count). The number of aromatic nitrogens is 2. The fourth-order valence-corrected chi connectivity index (χ4v) is 3.06. The van der Waals surface area contributed by atoms with Crippen molar-refractivity contribution >= 4 is 16.9 Å². The highest BCUT2D eigenvalue weighted by Crippen LogP contribution is 2.30. The Kier molecular flexibility index (Phi) is 3.96. The summed E-state index contributed by atoms with van der Waals surface area (Å²) in [4.78, 5) is 24.2. The van der Waals surface area contributed by atoms with Crippen LogP contribution < -0.4 is 0 Å². The number of rotatable bonds is 4. The van der Waals surface area contributed by atoms with Gasteiger partial charge in [0.1, 0.15) is 0 Å². The summed E-state index contributed by atoms with van der Waals surface area (Å²) in [6.45, 7) is 4.55. The zero-order chi connectivity index (χ0) is 17.4. The first-order valence-corrected chi connectivity index (χ1v) is 8.72. The minimum absolute atomic E-state index is 0.0771. The van der Waals surface area contributed by atoms with E-state index in [0.29, 0.717) is 18.2 Å². The molecular weight excluding hydrogens is 310 g/mol. The number of benzene rings is 2. The Morgan fingerprint density at radius 3 is 2.36 bits per heavy atom. The smallest absolute Gasteiger partial charge is 0.254 e. The van der Waals surface area contributed by atoms with E-state index in [9.17, 15) is 4.79 Å². The highest BCUT2D eigenvalue weighted by atomic mass is 16.2. The summed E-state index contributed by atoms with van der Waals surface area (Å²) < 4.78 is 0. The maximum atomic E-state index is 13.1. The van der Waals surface area contributed by atoms with Crippen molar-refractivity contribution in [3.8, 4) is 0 Å². The number of hydrogen-bond donors (Lipinski definition) is 0. The number of carbonyl (C=O) groups is 1. The van der Waals surface area contributed by atoms with Crippen LogP contribution in [-0.4, -0.2) is 26.8 Å². The average molecular weight is 331 g/mol. The first-order valence-electron chi connectivity index (χ1n) is 8.72. The van der Waals surface area contributed by atoms with E-state index in [-0.39, 0.29) is 5.91 Å². The molecule has 4 nitrogen and oxygen atoms in total. The topological polar surface area (TPSA) is 46.1 Å². The van der Waals surface area contributed by atoms with Crippen LogP contribution in [0.3, 0.4) is 0 Å². The quantitative estimate of drug-likeness (QED) is 0.724. The summed E-state index contributed by atoms with van der Waals surface area (Å²) >= 11 is 0. The van der Waals surface area contributed by atoms with Crippen LogP contribution in [0.25, 0.3) is 11.0 Å². The summed E-state index contributed by atoms with van der Waals surface area (Å²) in [7, 11) is 0. The van der Waals surface area contributed by atoms with Gasteiger partial charge in [-0.15, -0.1) is 0 Å². The Bertz CT molecular complexity index is 933. The van der Waals surface area contributed by atoms with Crippen LogP contribution >= 0.6 is 0 Å². The molecule has 1 aliphatic carbocycles. The van der Waals surface area contributed by atoms with E-state index in [2.05, 4.69) is 22.1 Å². The minimum Gasteiger partial charge on any atom is -0.331 e. The normalized spacial score (nSPS) is 13.8. The van der Waals surface area contributed by atoms with Gasteiger partial charge in [0.2, 0.25) is 0 Å². The van der Waals surface area contributed by atoms with Gasteiger partial charge in [-0.1, -0.05) is 30.3 Å². The van der Waals surface area contributed by atoms with Gasteiger partial charge in [-0.05, 0) is 50.5 Å². The van der Waals surface area contributed by atoms with Gasteiger partial charge >= 0.3 is 0 Å². The SMILES string of the molecule is Cc1nc2ccc(C(=O)N(Cc3ccccc3)C3CC3)cc2nc1C. The summed E-state index contributed by atoms with van der Waals surface area (Å²) in [6.07, 6.45) is 2.18. The van der Waals surface area contributed by atoms with E-state index < -0.39 is 0 Å². The van der Waals surface area contributed by atoms with Crippen LogP contribution in [0.2, 0.25) is 0 Å². The van der Waals surface area contributed by atoms with Crippen molar-refractivity contribution in [1.82, 2.24) is 14.9 Å². The van der Waals surface area contributed by atoms with E-state index in [1.54, 1.807) is 0 Å². The Morgan fingerprint density at radius 1 is 1.00 bits per heavy atom. The molecule has 0 spiro atoms. The van der Waals surface area contributed by atoms with Gasteiger partial charge < -0.3 is 4.90 Å². The number of carbonyl (C=O) groups excluding carboxylic acids is 1. The van der Waals surface area contributed by atoms with Gasteiger partial charge in [0, 0.05) is 18.2 Å². The molecule has 0 bridgehead atoms. The summed E-state index contributed by atoms with van der Waals surface area (Å²) in [5.41, 5.74) is 5.29. The molecule has 25 heavy (non-hydrogen) atoms. The first-order chi connectivity index (χ1) is 12.1. The maximum absolute atomic E-state index is 13.1. The van der Waals surface area contributed by atoms with Crippen molar-refractivity contribution < 1.29 is 4.79 Å². The number of aryl methyl sites for hydroxylation is 2. The lowest BCUT2D eigenvalue weighted by Gasteiger charge is -2.23. The van der Waals surface area contributed by atoms with Crippen LogP contribution in [0, 0.1) is 13.8 Å². The zero-order valence-corrected chi connectivity index (χ0v) is 14.6. The van der Waals surface area contributed by atoms with E-state index >= 15 is 0 Å². The van der Waals surface area contributed by atoms with Crippen molar-refractivity contribution in [3.63, 3.8) is 0 Å². The molecule has 3 aromatic rings. The molecule has 1 aliphatic rings. The van der Waals surface area contributed by atoms with Gasteiger partial charge in [-0.3, -0.25) is 4.79 Å². The van der Waals surface area contributed by atoms with E-state index in [4.69, 9.17) is 0 Å². The van der Waals surface area contributed by atoms with E-state index in [1.165, 1.54) is 0 Å². The number of nitrogens with zero attached hydrogens (tertiary/aromatic N) is 3. The summed E-state index contributed by atoms with van der Waals surface area (Å²) in [6, 6.07) is 16.2. The largest absolute Gasteiger partial charge is 0.331 e. The van der Waals surface area contributed by atoms with Crippen LogP contribution in [-0.2, 0) is 6.54 Å². The average Bonchev–Trinajstić information content (AvgIpc) is 3.45. The molecule has 1 saturated carbocycles. The second-order valence-electron chi connectivity index (χ2n) is 6.75. The van der Waals surface area contributed by atoms with Gasteiger partial charge in [-0.2, -0.15) is 0 Å². The molecule has 0 aliphatic heterocycles. The number of fused-ring (bicyclic) bond motifs is 1. The highest BCUT2D eigenvalue weighted by Gasteiger charge is 2.33. The molecule has 1 aromatic heterocycles. The van der Waals surface area contributed by atoms with Gasteiger partial charge in [0.25, 0.3) is 5.91 Å². The summed E-state index contributed by atoms with van der Waals surface area (Å²) in [5.74, 6) is 0.0771. The molecule has 2 aromatic carbocycles. The third kappa shape index (κ3) is 3.25. The molecule has 0 radical (unpaired) electrons. The highest BCUT2D eigenvalue weighted by molar-refractivity contribution is 5.97. The molecule has 1 heterocycles. The predicted octanol–water partition coefficient (Wildman–Crippen LogP) is 4.05. The molecule has 0 atom stereocenters. The molecule has 0 unspecified atom stereocenters. The third-order valence-corrected chi connectivity index (χ3v) is 4.77. The summed E-state index contributed by atoms with van der Waals surface area (Å²) in [5, 5.41) is 0. The van der Waals surface area contributed by atoms with Crippen LogP contribution in [0.1, 0.15) is 40.2 Å². The van der Waals surface area contributed by atoms with Crippen molar-refractivity contribution in [2.75, 3.05) is 0 Å². The fraction of sp³-hybridized carbons (Fsp3) is 0.286. The molecular formula is C21H21N3O. The van der Waals surface area contributed by atoms with Gasteiger partial charge in [0.15, 0.2) is 0 Å². The van der Waals surface area contributed by atoms with E-state index in [1.807, 2.05) is 55.1 Å². The lowest BCUT2D eigenvalue weighted by molar-refractivity contribution is 0.0730. The van der Waals surface area contributed by atoms with Crippen molar-refractivity contribution in [2.24, 2.45) is 0 Å². The second kappa shape index (κ2) is 6.28. The predicted molar refractivity (Wildman–Crippen MR) is 98.3 cm³/mol. The Labute approximate surface area is 147 Å². The monoisotopic (exact) mass is 331 g/mol. The molecule has 0 N–H and O–H groups in total. The van der Waals surface area contributed by atoms with Crippen molar-refractivity contribution in [1.29, 1.82) is 0 Å². The Balaban J connectivity index is 1.66. The van der Waals surface area contributed by atoms with Crippen LogP contribution in [0.15, 0.2) is 48.5 Å². The first kappa shape index (κ1) is 15.8. The minimum atomic E-state index is 0.0771. The number of amides is 1. The lowest BCUT2D eigenvalue weighted by Crippen LogP contribution is -2.32. The van der Waals surface area contributed by atoms with Gasteiger partial charge in [0.05, 0.1) is 22.4 Å². The van der Waals surface area contributed by atoms with Crippen molar-refractivity contribution in [2.45, 2.75) is 39.3 Å². The van der Waals surface area contributed by atoms with Gasteiger partial charge in [-0.25, -0.2) is 9.97 Å². The molecule has 0 saturated heterocycles. The molecule has 1 fully saturated rings. The lowest BCUT2D eigenvalue weighted by atomic mass is 10.1. The standard InChI is InChI=1S/C21H21N3O/c1-14-15(2)23-20-12-17(8-11-19(20)22-14)21(25)24(18-9-10-18)13-16-6-4-3-5-7-16/h3-8,11-12,18H,9-10,13H2,1-2H3. The zero-order valence-electron chi connectivity index (χ0n) is 14.6. The van der Waals surface area contributed by atoms with E-state index in [0.717, 1.165) is 40.8 Å². The maximum Gasteiger partial charge on any atom is 0.254 e. The Morgan fingerprint density at radius 2 is 1.68 bits per heavy atom. The van der Waals surface area contributed by atoms with Crippen molar-refractivity contribution in [3.05, 3.63) is 71.0 Å². The molecule has 4 heteroatoms. The Hall–Kier alpha value is -2.75. The molecule has 1 amide bonds. The van der Waals surface area contributed by atoms with Crippen LogP contribution in [0.4, 0.5) is 0 Å². The second-order valence-corrected chi connectivity index (χ2v) is 6.75. The third-order valence-electron chi connectivity index (χ3n) is 4.77. The van der Waals surface area contributed by atoms with Crippen LogP contribution in [0.5, 0.6) is 0 Å². The fourth-order valence-electron chi connectivity index (χ4n) is 3.06.